The maximum atomic E-state index is 5.40. The van der Waals surface area contributed by atoms with Gasteiger partial charge in [-0.05, 0) is 25.9 Å². The van der Waals surface area contributed by atoms with Crippen LogP contribution in [0.15, 0.2) is 4.52 Å². The zero-order valence-electron chi connectivity index (χ0n) is 7.49. The van der Waals surface area contributed by atoms with Gasteiger partial charge < -0.3 is 15.6 Å². The molecule has 13 heavy (non-hydrogen) atoms. The fourth-order valence-corrected chi connectivity index (χ4v) is 1.59. The van der Waals surface area contributed by atoms with Gasteiger partial charge in [0.15, 0.2) is 5.82 Å². The van der Waals surface area contributed by atoms with Crippen molar-refractivity contribution in [2.45, 2.75) is 25.3 Å². The Balaban J connectivity index is 2.05. The summed E-state index contributed by atoms with van der Waals surface area (Å²) in [6.07, 6.45) is 2.15. The molecule has 2 rings (SSSR count). The molecule has 1 saturated heterocycles. The second kappa shape index (κ2) is 3.85. The molecule has 1 aliphatic rings. The van der Waals surface area contributed by atoms with Gasteiger partial charge in [0, 0.05) is 5.92 Å². The van der Waals surface area contributed by atoms with Crippen LogP contribution in [0.3, 0.4) is 0 Å². The van der Waals surface area contributed by atoms with Crippen LogP contribution in [0.5, 0.6) is 0 Å². The maximum Gasteiger partial charge on any atom is 0.229 e. The molecule has 5 heteroatoms. The predicted octanol–water partition coefficient (Wildman–Crippen LogP) is -0.00470. The van der Waals surface area contributed by atoms with Crippen molar-refractivity contribution in [1.29, 1.82) is 0 Å². The molecule has 0 unspecified atom stereocenters. The fraction of sp³-hybridized carbons (Fsp3) is 0.750. The summed E-state index contributed by atoms with van der Waals surface area (Å²) in [4.78, 5) is 4.22. The maximum absolute atomic E-state index is 5.40. The monoisotopic (exact) mass is 182 g/mol. The summed E-state index contributed by atoms with van der Waals surface area (Å²) in [6, 6.07) is 0. The van der Waals surface area contributed by atoms with Gasteiger partial charge in [0.05, 0.1) is 6.54 Å². The molecule has 2 heterocycles. The van der Waals surface area contributed by atoms with Crippen LogP contribution >= 0.6 is 0 Å². The predicted molar refractivity (Wildman–Crippen MR) is 47.0 cm³/mol. The minimum Gasteiger partial charge on any atom is -0.339 e. The van der Waals surface area contributed by atoms with E-state index in [2.05, 4.69) is 15.5 Å². The quantitative estimate of drug-likeness (QED) is 0.673. The number of piperidine rings is 1. The first-order chi connectivity index (χ1) is 6.40. The standard InChI is InChI=1S/C8H14N4O/c9-5-7-11-8(13-12-7)6-1-3-10-4-2-6/h6,10H,1-5,9H2. The molecule has 0 spiro atoms. The van der Waals surface area contributed by atoms with Crippen molar-refractivity contribution in [1.82, 2.24) is 15.5 Å². The Hall–Kier alpha value is -0.940. The number of aromatic nitrogens is 2. The fourth-order valence-electron chi connectivity index (χ4n) is 1.59. The molecule has 0 atom stereocenters. The highest BCUT2D eigenvalue weighted by Gasteiger charge is 2.20. The average molecular weight is 182 g/mol. The molecule has 0 aliphatic carbocycles. The van der Waals surface area contributed by atoms with Crippen molar-refractivity contribution in [2.24, 2.45) is 5.73 Å². The van der Waals surface area contributed by atoms with Crippen molar-refractivity contribution in [3.8, 4) is 0 Å². The topological polar surface area (TPSA) is 77.0 Å². The summed E-state index contributed by atoms with van der Waals surface area (Å²) in [5.41, 5.74) is 5.40. The molecule has 0 bridgehead atoms. The lowest BCUT2D eigenvalue weighted by atomic mass is 9.98. The summed E-state index contributed by atoms with van der Waals surface area (Å²) >= 11 is 0. The van der Waals surface area contributed by atoms with Crippen LogP contribution in [0, 0.1) is 0 Å². The van der Waals surface area contributed by atoms with Gasteiger partial charge in [-0.3, -0.25) is 0 Å². The second-order valence-electron chi connectivity index (χ2n) is 3.28. The molecule has 3 N–H and O–H groups in total. The Labute approximate surface area is 76.7 Å². The lowest BCUT2D eigenvalue weighted by molar-refractivity contribution is 0.318. The first-order valence-corrected chi connectivity index (χ1v) is 4.63. The highest BCUT2D eigenvalue weighted by Crippen LogP contribution is 2.22. The van der Waals surface area contributed by atoms with E-state index in [1.807, 2.05) is 0 Å². The van der Waals surface area contributed by atoms with Gasteiger partial charge in [0.2, 0.25) is 5.89 Å². The molecule has 0 radical (unpaired) electrons. The largest absolute Gasteiger partial charge is 0.339 e. The third-order valence-corrected chi connectivity index (χ3v) is 2.35. The van der Waals surface area contributed by atoms with Crippen molar-refractivity contribution in [3.63, 3.8) is 0 Å². The number of rotatable bonds is 2. The number of nitrogens with two attached hydrogens (primary N) is 1. The summed E-state index contributed by atoms with van der Waals surface area (Å²) in [7, 11) is 0. The minimum atomic E-state index is 0.356. The van der Waals surface area contributed by atoms with E-state index in [4.69, 9.17) is 10.3 Å². The SMILES string of the molecule is NCc1noc(C2CCNCC2)n1. The summed E-state index contributed by atoms with van der Waals surface area (Å²) in [5, 5.41) is 7.07. The smallest absolute Gasteiger partial charge is 0.229 e. The van der Waals surface area contributed by atoms with E-state index in [9.17, 15) is 0 Å². The van der Waals surface area contributed by atoms with Gasteiger partial charge >= 0.3 is 0 Å². The first-order valence-electron chi connectivity index (χ1n) is 4.63. The first kappa shape index (κ1) is 8.65. The van der Waals surface area contributed by atoms with E-state index in [0.29, 0.717) is 18.3 Å². The van der Waals surface area contributed by atoms with Gasteiger partial charge in [-0.1, -0.05) is 5.16 Å². The van der Waals surface area contributed by atoms with Gasteiger partial charge in [0.25, 0.3) is 0 Å². The van der Waals surface area contributed by atoms with Crippen LogP contribution in [0.4, 0.5) is 0 Å². The molecule has 5 nitrogen and oxygen atoms in total. The molecule has 1 aromatic heterocycles. The third kappa shape index (κ3) is 1.87. The zero-order valence-corrected chi connectivity index (χ0v) is 7.49. The Kier molecular flexibility index (Phi) is 2.56. The Morgan fingerprint density at radius 3 is 2.85 bits per heavy atom. The third-order valence-electron chi connectivity index (χ3n) is 2.35. The molecule has 1 aliphatic heterocycles. The van der Waals surface area contributed by atoms with Gasteiger partial charge in [0.1, 0.15) is 0 Å². The molecule has 72 valence electrons. The summed E-state index contributed by atoms with van der Waals surface area (Å²) < 4.78 is 5.13. The molecular weight excluding hydrogens is 168 g/mol. The molecule has 0 aromatic carbocycles. The van der Waals surface area contributed by atoms with E-state index in [1.54, 1.807) is 0 Å². The molecule has 1 fully saturated rings. The van der Waals surface area contributed by atoms with Gasteiger partial charge in [-0.25, -0.2) is 0 Å². The lowest BCUT2D eigenvalue weighted by Crippen LogP contribution is -2.26. The summed E-state index contributed by atoms with van der Waals surface area (Å²) in [5.74, 6) is 1.78. The van der Waals surface area contributed by atoms with E-state index in [-0.39, 0.29) is 0 Å². The highest BCUT2D eigenvalue weighted by atomic mass is 16.5. The van der Waals surface area contributed by atoms with Crippen LogP contribution in [0.1, 0.15) is 30.5 Å². The average Bonchev–Trinajstić information content (AvgIpc) is 2.67. The Morgan fingerprint density at radius 1 is 1.46 bits per heavy atom. The minimum absolute atomic E-state index is 0.356. The van der Waals surface area contributed by atoms with E-state index in [1.165, 1.54) is 0 Å². The number of nitrogens with zero attached hydrogens (tertiary/aromatic N) is 2. The van der Waals surface area contributed by atoms with Crippen molar-refractivity contribution in [3.05, 3.63) is 11.7 Å². The van der Waals surface area contributed by atoms with E-state index < -0.39 is 0 Å². The normalized spacial score (nSPS) is 19.2. The number of hydrogen-bond donors (Lipinski definition) is 2. The van der Waals surface area contributed by atoms with Crippen LogP contribution < -0.4 is 11.1 Å². The molecule has 1 aromatic rings. The molecular formula is C8H14N4O. The van der Waals surface area contributed by atoms with Crippen LogP contribution in [-0.4, -0.2) is 23.2 Å². The van der Waals surface area contributed by atoms with Crippen LogP contribution in [0.25, 0.3) is 0 Å². The van der Waals surface area contributed by atoms with Crippen molar-refractivity contribution < 1.29 is 4.52 Å². The lowest BCUT2D eigenvalue weighted by Gasteiger charge is -2.18. The molecule has 0 saturated carbocycles. The van der Waals surface area contributed by atoms with Gasteiger partial charge in [-0.15, -0.1) is 0 Å². The Morgan fingerprint density at radius 2 is 2.23 bits per heavy atom. The molecule has 0 amide bonds. The zero-order chi connectivity index (χ0) is 9.10. The van der Waals surface area contributed by atoms with E-state index in [0.717, 1.165) is 31.8 Å². The van der Waals surface area contributed by atoms with E-state index >= 15 is 0 Å². The second-order valence-corrected chi connectivity index (χ2v) is 3.28. The van der Waals surface area contributed by atoms with Gasteiger partial charge in [-0.2, -0.15) is 4.98 Å². The van der Waals surface area contributed by atoms with Crippen LogP contribution in [0.2, 0.25) is 0 Å². The number of nitrogens with one attached hydrogen (secondary N) is 1. The van der Waals surface area contributed by atoms with Crippen molar-refractivity contribution in [2.75, 3.05) is 13.1 Å². The highest BCUT2D eigenvalue weighted by molar-refractivity contribution is 4.95. The number of hydrogen-bond acceptors (Lipinski definition) is 5. The Bertz CT molecular complexity index is 267. The van der Waals surface area contributed by atoms with Crippen molar-refractivity contribution >= 4 is 0 Å². The summed E-state index contributed by atoms with van der Waals surface area (Å²) in [6.45, 7) is 2.42. The van der Waals surface area contributed by atoms with Crippen LogP contribution in [-0.2, 0) is 6.54 Å².